The average Bonchev–Trinajstić information content (AvgIpc) is 2.19. The topological polar surface area (TPSA) is 81.6 Å². The van der Waals surface area contributed by atoms with Gasteiger partial charge in [-0.1, -0.05) is 6.08 Å². The maximum Gasteiger partial charge on any atom is 0.335 e. The third kappa shape index (κ3) is 3.10. The molecule has 0 aromatic rings. The Morgan fingerprint density at radius 3 is 3.07 bits per heavy atom. The van der Waals surface area contributed by atoms with Crippen LogP contribution in [0.25, 0.3) is 0 Å². The first-order chi connectivity index (χ1) is 6.74. The normalized spacial score (nSPS) is 15.2. The van der Waals surface area contributed by atoms with Crippen molar-refractivity contribution in [2.45, 2.75) is 6.42 Å². The maximum absolute atomic E-state index is 10.6. The molecule has 4 N–H and O–H groups in total. The summed E-state index contributed by atoms with van der Waals surface area (Å²) < 4.78 is 0. The number of carboxylic acid groups (broad SMARTS) is 1. The molecule has 78 valence electrons. The van der Waals surface area contributed by atoms with Gasteiger partial charge in [-0.3, -0.25) is 0 Å². The first-order valence-electron chi connectivity index (χ1n) is 4.48. The van der Waals surface area contributed by atoms with Gasteiger partial charge < -0.3 is 20.8 Å². The molecule has 0 saturated heterocycles. The number of aliphatic hydroxyl groups is 1. The Balaban J connectivity index is 2.45. The molecule has 0 fully saturated rings. The first kappa shape index (κ1) is 10.6. The Bertz CT molecular complexity index is 271. The SMILES string of the molecule is O=C(O)C1=CCNC(NCCCO)=C1. The van der Waals surface area contributed by atoms with E-state index in [1.165, 1.54) is 0 Å². The molecule has 0 atom stereocenters. The average molecular weight is 198 g/mol. The van der Waals surface area contributed by atoms with E-state index < -0.39 is 5.97 Å². The van der Waals surface area contributed by atoms with Gasteiger partial charge in [-0.25, -0.2) is 4.79 Å². The van der Waals surface area contributed by atoms with Crippen LogP contribution < -0.4 is 10.6 Å². The fourth-order valence-electron chi connectivity index (χ4n) is 1.10. The van der Waals surface area contributed by atoms with Gasteiger partial charge in [-0.15, -0.1) is 0 Å². The Hall–Kier alpha value is -1.49. The lowest BCUT2D eigenvalue weighted by Crippen LogP contribution is -2.30. The monoisotopic (exact) mass is 198 g/mol. The van der Waals surface area contributed by atoms with Crippen molar-refractivity contribution >= 4 is 5.97 Å². The summed E-state index contributed by atoms with van der Waals surface area (Å²) in [6, 6.07) is 0. The molecule has 0 aliphatic carbocycles. The van der Waals surface area contributed by atoms with E-state index in [9.17, 15) is 4.79 Å². The molecule has 0 aromatic heterocycles. The van der Waals surface area contributed by atoms with Crippen molar-refractivity contribution in [2.75, 3.05) is 19.7 Å². The molecule has 1 rings (SSSR count). The van der Waals surface area contributed by atoms with Crippen molar-refractivity contribution in [3.63, 3.8) is 0 Å². The van der Waals surface area contributed by atoms with Crippen LogP contribution in [0.1, 0.15) is 6.42 Å². The lowest BCUT2D eigenvalue weighted by molar-refractivity contribution is -0.132. The Morgan fingerprint density at radius 2 is 2.43 bits per heavy atom. The zero-order valence-corrected chi connectivity index (χ0v) is 7.79. The summed E-state index contributed by atoms with van der Waals surface area (Å²) in [4.78, 5) is 10.6. The van der Waals surface area contributed by atoms with Gasteiger partial charge in [0.1, 0.15) is 0 Å². The first-order valence-corrected chi connectivity index (χ1v) is 4.48. The minimum atomic E-state index is -0.923. The zero-order valence-electron chi connectivity index (χ0n) is 7.79. The van der Waals surface area contributed by atoms with Crippen molar-refractivity contribution in [1.82, 2.24) is 10.6 Å². The minimum absolute atomic E-state index is 0.127. The van der Waals surface area contributed by atoms with Crippen LogP contribution in [-0.4, -0.2) is 35.9 Å². The number of aliphatic hydroxyl groups excluding tert-OH is 1. The molecule has 5 heteroatoms. The highest BCUT2D eigenvalue weighted by atomic mass is 16.4. The van der Waals surface area contributed by atoms with Gasteiger partial charge in [0.2, 0.25) is 0 Å². The number of dihydropyridines is 1. The van der Waals surface area contributed by atoms with Crippen molar-refractivity contribution in [3.05, 3.63) is 23.5 Å². The van der Waals surface area contributed by atoms with Crippen LogP contribution in [-0.2, 0) is 4.79 Å². The third-order valence-corrected chi connectivity index (χ3v) is 1.81. The van der Waals surface area contributed by atoms with Gasteiger partial charge in [0.25, 0.3) is 0 Å². The van der Waals surface area contributed by atoms with Gasteiger partial charge >= 0.3 is 5.97 Å². The third-order valence-electron chi connectivity index (χ3n) is 1.81. The molecule has 0 saturated carbocycles. The molecule has 1 aliphatic rings. The molecular formula is C9H14N2O3. The molecule has 1 aliphatic heterocycles. The number of carbonyl (C=O) groups is 1. The van der Waals surface area contributed by atoms with Crippen LogP contribution in [0.15, 0.2) is 23.5 Å². The van der Waals surface area contributed by atoms with Gasteiger partial charge in [0, 0.05) is 19.7 Å². The summed E-state index contributed by atoms with van der Waals surface area (Å²) in [7, 11) is 0. The fraction of sp³-hybridized carbons (Fsp3) is 0.444. The Morgan fingerprint density at radius 1 is 1.64 bits per heavy atom. The molecule has 0 bridgehead atoms. The molecular weight excluding hydrogens is 184 g/mol. The van der Waals surface area contributed by atoms with Crippen LogP contribution >= 0.6 is 0 Å². The van der Waals surface area contributed by atoms with Gasteiger partial charge in [0.15, 0.2) is 0 Å². The Labute approximate surface area is 82.1 Å². The van der Waals surface area contributed by atoms with E-state index >= 15 is 0 Å². The van der Waals surface area contributed by atoms with Crippen LogP contribution in [0.5, 0.6) is 0 Å². The molecule has 14 heavy (non-hydrogen) atoms. The highest BCUT2D eigenvalue weighted by Gasteiger charge is 2.09. The molecule has 0 aromatic carbocycles. The second-order valence-electron chi connectivity index (χ2n) is 2.91. The predicted molar refractivity (Wildman–Crippen MR) is 51.5 cm³/mol. The summed E-state index contributed by atoms with van der Waals surface area (Å²) >= 11 is 0. The second-order valence-corrected chi connectivity index (χ2v) is 2.91. The number of rotatable bonds is 5. The van der Waals surface area contributed by atoms with Crippen LogP contribution in [0.4, 0.5) is 0 Å². The molecule has 0 spiro atoms. The number of nitrogens with one attached hydrogen (secondary N) is 2. The quantitative estimate of drug-likeness (QED) is 0.444. The highest BCUT2D eigenvalue weighted by Crippen LogP contribution is 2.03. The molecule has 1 heterocycles. The van der Waals surface area contributed by atoms with E-state index in [1.54, 1.807) is 12.2 Å². The van der Waals surface area contributed by atoms with Crippen molar-refractivity contribution < 1.29 is 15.0 Å². The van der Waals surface area contributed by atoms with Gasteiger partial charge in [0.05, 0.1) is 11.4 Å². The van der Waals surface area contributed by atoms with Crippen LogP contribution in [0, 0.1) is 0 Å². The van der Waals surface area contributed by atoms with E-state index in [2.05, 4.69) is 10.6 Å². The van der Waals surface area contributed by atoms with Crippen LogP contribution in [0.2, 0.25) is 0 Å². The lowest BCUT2D eigenvalue weighted by Gasteiger charge is -2.15. The van der Waals surface area contributed by atoms with E-state index in [4.69, 9.17) is 10.2 Å². The zero-order chi connectivity index (χ0) is 10.4. The maximum atomic E-state index is 10.6. The summed E-state index contributed by atoms with van der Waals surface area (Å²) in [5.74, 6) is -0.230. The summed E-state index contributed by atoms with van der Waals surface area (Å²) in [5.41, 5.74) is 0.287. The number of carboxylic acids is 1. The van der Waals surface area contributed by atoms with Gasteiger partial charge in [-0.05, 0) is 12.5 Å². The molecule has 0 unspecified atom stereocenters. The van der Waals surface area contributed by atoms with E-state index in [-0.39, 0.29) is 12.2 Å². The van der Waals surface area contributed by atoms with Crippen LogP contribution in [0.3, 0.4) is 0 Å². The van der Waals surface area contributed by atoms with E-state index in [1.807, 2.05) is 0 Å². The van der Waals surface area contributed by atoms with Crippen molar-refractivity contribution in [1.29, 1.82) is 0 Å². The number of hydrogen-bond acceptors (Lipinski definition) is 4. The standard InChI is InChI=1S/C9H14N2O3/c12-5-1-3-10-8-6-7(9(13)14)2-4-11-8/h2,6,10-12H,1,3-5H2,(H,13,14). The number of hydrogen-bond donors (Lipinski definition) is 4. The van der Waals surface area contributed by atoms with Crippen molar-refractivity contribution in [2.24, 2.45) is 0 Å². The van der Waals surface area contributed by atoms with Gasteiger partial charge in [-0.2, -0.15) is 0 Å². The van der Waals surface area contributed by atoms with E-state index in [0.717, 1.165) is 0 Å². The molecule has 5 nitrogen and oxygen atoms in total. The minimum Gasteiger partial charge on any atom is -0.478 e. The largest absolute Gasteiger partial charge is 0.478 e. The Kier molecular flexibility index (Phi) is 4.00. The smallest absolute Gasteiger partial charge is 0.335 e. The molecule has 0 radical (unpaired) electrons. The molecule has 0 amide bonds. The summed E-state index contributed by atoms with van der Waals surface area (Å²) in [6.07, 6.45) is 3.80. The highest BCUT2D eigenvalue weighted by molar-refractivity contribution is 5.90. The lowest BCUT2D eigenvalue weighted by atomic mass is 10.2. The van der Waals surface area contributed by atoms with Crippen molar-refractivity contribution in [3.8, 4) is 0 Å². The fourth-order valence-corrected chi connectivity index (χ4v) is 1.10. The summed E-state index contributed by atoms with van der Waals surface area (Å²) in [5, 5.41) is 23.3. The number of aliphatic carboxylic acids is 1. The summed E-state index contributed by atoms with van der Waals surface area (Å²) in [6.45, 7) is 1.27. The van der Waals surface area contributed by atoms with E-state index in [0.29, 0.717) is 25.3 Å². The second kappa shape index (κ2) is 5.29. The predicted octanol–water partition coefficient (Wildman–Crippen LogP) is -0.586.